The molecule has 110 valence electrons. The van der Waals surface area contributed by atoms with Gasteiger partial charge in [-0.2, -0.15) is 0 Å². The number of carbonyl (C=O) groups excluding carboxylic acids is 1. The Morgan fingerprint density at radius 1 is 1.29 bits per heavy atom. The zero-order valence-corrected chi connectivity index (χ0v) is 11.6. The summed E-state index contributed by atoms with van der Waals surface area (Å²) in [5.74, 6) is -0.635. The van der Waals surface area contributed by atoms with Gasteiger partial charge in [0.2, 0.25) is 5.91 Å². The number of methoxy groups -OCH3 is 1. The first-order chi connectivity index (χ1) is 10.1. The molecule has 0 heterocycles. The fourth-order valence-corrected chi connectivity index (χ4v) is 1.98. The topological polar surface area (TPSA) is 58.6 Å². The molecule has 0 aliphatic rings. The molecule has 0 fully saturated rings. The molecule has 4 nitrogen and oxygen atoms in total. The first-order valence-corrected chi connectivity index (χ1v) is 6.45. The fraction of sp³-hybridized carbons (Fsp3) is 0.188. The highest BCUT2D eigenvalue weighted by Crippen LogP contribution is 2.19. The first kappa shape index (κ1) is 15.0. The van der Waals surface area contributed by atoms with Gasteiger partial charge in [-0.05, 0) is 23.8 Å². The molecule has 0 unspecified atom stereocenters. The number of hydrogen-bond acceptors (Lipinski definition) is 3. The number of amides is 1. The fourth-order valence-electron chi connectivity index (χ4n) is 1.98. The normalized spacial score (nSPS) is 10.2. The van der Waals surface area contributed by atoms with Gasteiger partial charge in [0.15, 0.2) is 11.6 Å². The molecule has 0 saturated carbocycles. The zero-order valence-electron chi connectivity index (χ0n) is 11.6. The molecule has 2 aromatic carbocycles. The lowest BCUT2D eigenvalue weighted by molar-refractivity contribution is -0.115. The zero-order chi connectivity index (χ0) is 15.2. The third-order valence-corrected chi connectivity index (χ3v) is 3.04. The average molecular weight is 289 g/mol. The van der Waals surface area contributed by atoms with Gasteiger partial charge in [0.1, 0.15) is 0 Å². The Labute approximate surface area is 122 Å². The minimum Gasteiger partial charge on any atom is -0.494 e. The van der Waals surface area contributed by atoms with Crippen LogP contribution in [-0.2, 0) is 17.8 Å². The molecule has 0 aliphatic heterocycles. The van der Waals surface area contributed by atoms with Gasteiger partial charge in [-0.3, -0.25) is 4.79 Å². The highest BCUT2D eigenvalue weighted by atomic mass is 19.1. The SMILES string of the molecule is COc1ccc(CC(=O)Nc2ccccc2CO)cc1F. The van der Waals surface area contributed by atoms with Crippen molar-refractivity contribution >= 4 is 11.6 Å². The van der Waals surface area contributed by atoms with Gasteiger partial charge in [0, 0.05) is 11.3 Å². The van der Waals surface area contributed by atoms with E-state index in [9.17, 15) is 14.3 Å². The summed E-state index contributed by atoms with van der Waals surface area (Å²) < 4.78 is 18.4. The van der Waals surface area contributed by atoms with Gasteiger partial charge in [-0.1, -0.05) is 24.3 Å². The standard InChI is InChI=1S/C16H16FNO3/c1-21-15-7-6-11(8-13(15)17)9-16(20)18-14-5-3-2-4-12(14)10-19/h2-8,19H,9-10H2,1H3,(H,18,20). The molecule has 0 atom stereocenters. The molecular formula is C16H16FNO3. The van der Waals surface area contributed by atoms with Gasteiger partial charge in [-0.15, -0.1) is 0 Å². The Balaban J connectivity index is 2.06. The van der Waals surface area contributed by atoms with Crippen LogP contribution in [0.15, 0.2) is 42.5 Å². The molecule has 0 aromatic heterocycles. The van der Waals surface area contributed by atoms with Crippen molar-refractivity contribution in [1.82, 2.24) is 0 Å². The highest BCUT2D eigenvalue weighted by molar-refractivity contribution is 5.93. The Kier molecular flexibility index (Phi) is 4.90. The second-order valence-corrected chi connectivity index (χ2v) is 4.51. The van der Waals surface area contributed by atoms with Crippen LogP contribution in [0.4, 0.5) is 10.1 Å². The lowest BCUT2D eigenvalue weighted by Gasteiger charge is -2.10. The average Bonchev–Trinajstić information content (AvgIpc) is 2.48. The van der Waals surface area contributed by atoms with E-state index in [1.807, 2.05) is 0 Å². The molecule has 2 N–H and O–H groups in total. The molecule has 2 aromatic rings. The van der Waals surface area contributed by atoms with E-state index in [1.165, 1.54) is 19.2 Å². The number of benzene rings is 2. The molecule has 0 bridgehead atoms. The summed E-state index contributed by atoms with van der Waals surface area (Å²) in [4.78, 5) is 12.0. The van der Waals surface area contributed by atoms with Gasteiger partial charge in [0.05, 0.1) is 20.1 Å². The number of aliphatic hydroxyl groups is 1. The van der Waals surface area contributed by atoms with E-state index in [1.54, 1.807) is 30.3 Å². The van der Waals surface area contributed by atoms with Crippen molar-refractivity contribution in [3.8, 4) is 5.75 Å². The quantitative estimate of drug-likeness (QED) is 0.889. The number of ether oxygens (including phenoxy) is 1. The van der Waals surface area contributed by atoms with Crippen LogP contribution in [0.3, 0.4) is 0 Å². The third-order valence-electron chi connectivity index (χ3n) is 3.04. The van der Waals surface area contributed by atoms with E-state index in [0.29, 0.717) is 16.8 Å². The van der Waals surface area contributed by atoms with E-state index < -0.39 is 5.82 Å². The van der Waals surface area contributed by atoms with Crippen LogP contribution in [0.1, 0.15) is 11.1 Å². The van der Waals surface area contributed by atoms with Crippen LogP contribution in [0.2, 0.25) is 0 Å². The van der Waals surface area contributed by atoms with Crippen molar-refractivity contribution < 1.29 is 19.0 Å². The number of aliphatic hydroxyl groups excluding tert-OH is 1. The minimum absolute atomic E-state index is 0.0423. The van der Waals surface area contributed by atoms with Crippen molar-refractivity contribution in [1.29, 1.82) is 0 Å². The molecule has 5 heteroatoms. The van der Waals surface area contributed by atoms with E-state index in [2.05, 4.69) is 5.32 Å². The minimum atomic E-state index is -0.501. The number of halogens is 1. The van der Waals surface area contributed by atoms with Crippen molar-refractivity contribution in [3.05, 3.63) is 59.4 Å². The van der Waals surface area contributed by atoms with Gasteiger partial charge in [0.25, 0.3) is 0 Å². The molecule has 0 spiro atoms. The highest BCUT2D eigenvalue weighted by Gasteiger charge is 2.09. The summed E-state index contributed by atoms with van der Waals surface area (Å²) in [6.07, 6.45) is 0.0423. The van der Waals surface area contributed by atoms with E-state index >= 15 is 0 Å². The lowest BCUT2D eigenvalue weighted by atomic mass is 10.1. The lowest BCUT2D eigenvalue weighted by Crippen LogP contribution is -2.15. The van der Waals surface area contributed by atoms with Crippen LogP contribution in [0.5, 0.6) is 5.75 Å². The number of anilines is 1. The molecular weight excluding hydrogens is 273 g/mol. The smallest absolute Gasteiger partial charge is 0.228 e. The van der Waals surface area contributed by atoms with Crippen LogP contribution in [-0.4, -0.2) is 18.1 Å². The molecule has 1 amide bonds. The number of para-hydroxylation sites is 1. The third kappa shape index (κ3) is 3.79. The van der Waals surface area contributed by atoms with Crippen LogP contribution >= 0.6 is 0 Å². The maximum absolute atomic E-state index is 13.6. The van der Waals surface area contributed by atoms with Gasteiger partial charge >= 0.3 is 0 Å². The molecule has 0 saturated heterocycles. The van der Waals surface area contributed by atoms with Crippen LogP contribution < -0.4 is 10.1 Å². The number of carbonyl (C=O) groups is 1. The Morgan fingerprint density at radius 3 is 2.71 bits per heavy atom. The second kappa shape index (κ2) is 6.85. The summed E-state index contributed by atoms with van der Waals surface area (Å²) in [7, 11) is 1.39. The predicted octanol–water partition coefficient (Wildman–Crippen LogP) is 2.51. The molecule has 0 radical (unpaired) electrons. The van der Waals surface area contributed by atoms with Crippen molar-refractivity contribution in [2.75, 3.05) is 12.4 Å². The predicted molar refractivity (Wildman–Crippen MR) is 77.7 cm³/mol. The van der Waals surface area contributed by atoms with Crippen molar-refractivity contribution in [2.24, 2.45) is 0 Å². The Morgan fingerprint density at radius 2 is 2.05 bits per heavy atom. The van der Waals surface area contributed by atoms with Gasteiger partial charge < -0.3 is 15.2 Å². The Bertz CT molecular complexity index is 643. The summed E-state index contributed by atoms with van der Waals surface area (Å²) in [5, 5.41) is 11.9. The van der Waals surface area contributed by atoms with E-state index in [4.69, 9.17) is 4.74 Å². The van der Waals surface area contributed by atoms with E-state index in [0.717, 1.165) is 0 Å². The summed E-state index contributed by atoms with van der Waals surface area (Å²) >= 11 is 0. The molecule has 0 aliphatic carbocycles. The number of nitrogens with one attached hydrogen (secondary N) is 1. The molecule has 2 rings (SSSR count). The number of hydrogen-bond donors (Lipinski definition) is 2. The van der Waals surface area contributed by atoms with Gasteiger partial charge in [-0.25, -0.2) is 4.39 Å². The summed E-state index contributed by atoms with van der Waals surface area (Å²) in [5.41, 5.74) is 1.73. The molecule has 21 heavy (non-hydrogen) atoms. The van der Waals surface area contributed by atoms with Crippen molar-refractivity contribution in [2.45, 2.75) is 13.0 Å². The monoisotopic (exact) mass is 289 g/mol. The van der Waals surface area contributed by atoms with Crippen molar-refractivity contribution in [3.63, 3.8) is 0 Å². The first-order valence-electron chi connectivity index (χ1n) is 6.45. The summed E-state index contributed by atoms with van der Waals surface area (Å²) in [6.45, 7) is -0.159. The summed E-state index contributed by atoms with van der Waals surface area (Å²) in [6, 6.07) is 11.4. The maximum atomic E-state index is 13.6. The Hall–Kier alpha value is -2.40. The second-order valence-electron chi connectivity index (χ2n) is 4.51. The maximum Gasteiger partial charge on any atom is 0.228 e. The number of rotatable bonds is 5. The largest absolute Gasteiger partial charge is 0.494 e. The van der Waals surface area contributed by atoms with E-state index in [-0.39, 0.29) is 24.7 Å². The van der Waals surface area contributed by atoms with Crippen LogP contribution in [0, 0.1) is 5.82 Å². The van der Waals surface area contributed by atoms with Crippen LogP contribution in [0.25, 0.3) is 0 Å².